The fourth-order valence-electron chi connectivity index (χ4n) is 4.18. The second-order valence-corrected chi connectivity index (χ2v) is 8.32. The Morgan fingerprint density at radius 2 is 1.28 bits per heavy atom. The molecule has 1 nitrogen and oxygen atoms in total. The molecule has 0 N–H and O–H groups in total. The lowest BCUT2D eigenvalue weighted by Gasteiger charge is -2.24. The molecule has 0 spiro atoms. The van der Waals surface area contributed by atoms with Crippen molar-refractivity contribution in [2.24, 2.45) is 0 Å². The molecule has 0 aromatic heterocycles. The van der Waals surface area contributed by atoms with Crippen LogP contribution in [0.1, 0.15) is 71.4 Å². The van der Waals surface area contributed by atoms with Gasteiger partial charge in [0, 0.05) is 22.3 Å². The van der Waals surface area contributed by atoms with Gasteiger partial charge in [0.15, 0.2) is 0 Å². The minimum absolute atomic E-state index is 0.199. The van der Waals surface area contributed by atoms with Crippen molar-refractivity contribution in [2.45, 2.75) is 44.9 Å². The first-order chi connectivity index (χ1) is 15.6. The van der Waals surface area contributed by atoms with Gasteiger partial charge in [-0.3, -0.25) is 0 Å². The zero-order valence-electron chi connectivity index (χ0n) is 18.7. The Morgan fingerprint density at radius 1 is 0.719 bits per heavy atom. The van der Waals surface area contributed by atoms with Gasteiger partial charge in [-0.1, -0.05) is 60.6 Å². The van der Waals surface area contributed by atoms with Crippen molar-refractivity contribution in [1.29, 1.82) is 0 Å². The summed E-state index contributed by atoms with van der Waals surface area (Å²) >= 11 is 0. The summed E-state index contributed by atoms with van der Waals surface area (Å²) in [4.78, 5) is 0. The molecule has 0 bridgehead atoms. The van der Waals surface area contributed by atoms with E-state index < -0.39 is 0 Å². The Morgan fingerprint density at radius 3 is 1.91 bits per heavy atom. The van der Waals surface area contributed by atoms with E-state index in [1.165, 1.54) is 12.0 Å². The molecule has 1 fully saturated rings. The van der Waals surface area contributed by atoms with Gasteiger partial charge >= 0.3 is 0 Å². The second-order valence-electron chi connectivity index (χ2n) is 8.32. The zero-order chi connectivity index (χ0) is 22.3. The predicted molar refractivity (Wildman–Crippen MR) is 128 cm³/mol. The zero-order valence-corrected chi connectivity index (χ0v) is 18.7. The first kappa shape index (κ1) is 21.7. The first-order valence-electron chi connectivity index (χ1n) is 11.2. The smallest absolute Gasteiger partial charge is 0.143 e. The summed E-state index contributed by atoms with van der Waals surface area (Å²) in [6.45, 7) is 2.04. The number of ether oxygens (including phenoxy) is 1. The van der Waals surface area contributed by atoms with E-state index in [-0.39, 0.29) is 11.7 Å². The number of halogens is 1. The lowest BCUT2D eigenvalue weighted by atomic mass is 9.81. The van der Waals surface area contributed by atoms with E-state index >= 15 is 4.39 Å². The topological polar surface area (TPSA) is 9.23 Å². The van der Waals surface area contributed by atoms with Gasteiger partial charge in [-0.25, -0.2) is 4.39 Å². The maximum Gasteiger partial charge on any atom is 0.143 e. The summed E-state index contributed by atoms with van der Waals surface area (Å²) < 4.78 is 20.9. The molecule has 0 aliphatic heterocycles. The molecular weight excluding hydrogens is 395 g/mol. The Labute approximate surface area is 190 Å². The van der Waals surface area contributed by atoms with Crippen molar-refractivity contribution in [3.8, 4) is 29.4 Å². The predicted octanol–water partition coefficient (Wildman–Crippen LogP) is 6.99. The minimum Gasteiger partial charge on any atom is -0.497 e. The Hall–Kier alpha value is -3.49. The van der Waals surface area contributed by atoms with Crippen molar-refractivity contribution < 1.29 is 9.13 Å². The maximum absolute atomic E-state index is 15.7. The van der Waals surface area contributed by atoms with Gasteiger partial charge in [0.25, 0.3) is 0 Å². The number of methoxy groups -OCH3 is 1. The highest BCUT2D eigenvalue weighted by molar-refractivity contribution is 5.54. The summed E-state index contributed by atoms with van der Waals surface area (Å²) in [5.74, 6) is 13.4. The Kier molecular flexibility index (Phi) is 6.94. The highest BCUT2D eigenvalue weighted by Gasteiger charge is 2.23. The van der Waals surface area contributed by atoms with E-state index in [2.05, 4.69) is 23.7 Å². The number of aryl methyl sites for hydroxylation is 1. The molecule has 0 unspecified atom stereocenters. The van der Waals surface area contributed by atoms with Crippen molar-refractivity contribution in [2.75, 3.05) is 7.11 Å². The van der Waals surface area contributed by atoms with E-state index in [1.807, 2.05) is 61.5 Å². The van der Waals surface area contributed by atoms with Crippen LogP contribution in [0, 0.1) is 36.4 Å². The van der Waals surface area contributed by atoms with E-state index in [0.717, 1.165) is 53.7 Å². The van der Waals surface area contributed by atoms with E-state index in [4.69, 9.17) is 4.74 Å². The molecule has 1 saturated carbocycles. The van der Waals surface area contributed by atoms with E-state index in [9.17, 15) is 0 Å². The van der Waals surface area contributed by atoms with Crippen molar-refractivity contribution in [3.05, 3.63) is 99.9 Å². The van der Waals surface area contributed by atoms with Crippen LogP contribution in [0.3, 0.4) is 0 Å². The molecular formula is C30H27FO. The van der Waals surface area contributed by atoms with Gasteiger partial charge in [-0.15, -0.1) is 0 Å². The average molecular weight is 423 g/mol. The molecule has 4 rings (SSSR count). The lowest BCUT2D eigenvalue weighted by Crippen LogP contribution is -2.10. The van der Waals surface area contributed by atoms with Gasteiger partial charge in [-0.2, -0.15) is 0 Å². The number of benzene rings is 3. The maximum atomic E-state index is 15.7. The quantitative estimate of drug-likeness (QED) is 0.404. The summed E-state index contributed by atoms with van der Waals surface area (Å²) in [6.07, 6.45) is 5.49. The lowest BCUT2D eigenvalue weighted by molar-refractivity contribution is 0.415. The average Bonchev–Trinajstić information content (AvgIpc) is 2.84. The van der Waals surface area contributed by atoms with Gasteiger partial charge < -0.3 is 4.74 Å². The van der Waals surface area contributed by atoms with Crippen LogP contribution in [-0.2, 0) is 0 Å². The van der Waals surface area contributed by atoms with Crippen LogP contribution in [0.2, 0.25) is 0 Å². The fraction of sp³-hybridized carbons (Fsp3) is 0.267. The molecule has 0 saturated heterocycles. The molecule has 1 aliphatic rings. The van der Waals surface area contributed by atoms with Crippen molar-refractivity contribution in [3.63, 3.8) is 0 Å². The fourth-order valence-corrected chi connectivity index (χ4v) is 4.18. The number of hydrogen-bond acceptors (Lipinski definition) is 1. The molecule has 3 aromatic carbocycles. The second kappa shape index (κ2) is 10.2. The van der Waals surface area contributed by atoms with Crippen LogP contribution >= 0.6 is 0 Å². The third kappa shape index (κ3) is 5.22. The monoisotopic (exact) mass is 422 g/mol. The summed E-state index contributed by atoms with van der Waals surface area (Å²) in [7, 11) is 1.64. The highest BCUT2D eigenvalue weighted by Crippen LogP contribution is 2.36. The third-order valence-corrected chi connectivity index (χ3v) is 6.02. The van der Waals surface area contributed by atoms with Gasteiger partial charge in [-0.05, 0) is 74.2 Å². The highest BCUT2D eigenvalue weighted by atomic mass is 19.1. The van der Waals surface area contributed by atoms with Crippen LogP contribution in [-0.4, -0.2) is 7.11 Å². The normalized spacial score (nSPS) is 13.5. The van der Waals surface area contributed by atoms with Gasteiger partial charge in [0.1, 0.15) is 11.6 Å². The molecule has 0 amide bonds. The summed E-state index contributed by atoms with van der Waals surface area (Å²) in [6, 6.07) is 19.3. The Balaban J connectivity index is 1.71. The van der Waals surface area contributed by atoms with Gasteiger partial charge in [0.05, 0.1) is 12.7 Å². The van der Waals surface area contributed by atoms with Crippen molar-refractivity contribution in [1.82, 2.24) is 0 Å². The Bertz CT molecular complexity index is 1190. The summed E-state index contributed by atoms with van der Waals surface area (Å²) in [5, 5.41) is 0. The molecule has 32 heavy (non-hydrogen) atoms. The molecule has 160 valence electrons. The van der Waals surface area contributed by atoms with E-state index in [0.29, 0.717) is 5.56 Å². The van der Waals surface area contributed by atoms with Crippen molar-refractivity contribution >= 4 is 0 Å². The van der Waals surface area contributed by atoms with Crippen LogP contribution < -0.4 is 4.74 Å². The molecule has 2 heteroatoms. The first-order valence-corrected chi connectivity index (χ1v) is 11.2. The van der Waals surface area contributed by atoms with Crippen LogP contribution in [0.5, 0.6) is 5.75 Å². The number of hydrogen-bond donors (Lipinski definition) is 0. The standard InChI is InChI=1S/C30H27FO/c1-22-8-10-23(11-9-22)13-17-27-19-18-26(16-12-24-14-20-28(32-2)21-15-24)29(30(27)31)25-6-4-3-5-7-25/h8-11,14-15,18-21,25H,3-7H2,1-2H3. The molecule has 0 atom stereocenters. The SMILES string of the molecule is COc1ccc(C#Cc2ccc(C#Cc3ccc(C)cc3)c(F)c2C2CCCCC2)cc1. The largest absolute Gasteiger partial charge is 0.497 e. The van der Waals surface area contributed by atoms with Crippen LogP contribution in [0.4, 0.5) is 4.39 Å². The van der Waals surface area contributed by atoms with Crippen LogP contribution in [0.25, 0.3) is 0 Å². The van der Waals surface area contributed by atoms with Crippen LogP contribution in [0.15, 0.2) is 60.7 Å². The third-order valence-electron chi connectivity index (χ3n) is 6.02. The molecule has 0 heterocycles. The molecule has 1 aliphatic carbocycles. The number of rotatable bonds is 2. The summed E-state index contributed by atoms with van der Waals surface area (Å²) in [5.41, 5.74) is 4.90. The minimum atomic E-state index is -0.210. The van der Waals surface area contributed by atoms with Gasteiger partial charge in [0.2, 0.25) is 0 Å². The molecule has 0 radical (unpaired) electrons. The molecule has 3 aromatic rings. The van der Waals surface area contributed by atoms with E-state index in [1.54, 1.807) is 13.2 Å².